The van der Waals surface area contributed by atoms with Crippen molar-refractivity contribution in [1.29, 1.82) is 0 Å². The molecular weight excluding hydrogens is 124 g/mol. The van der Waals surface area contributed by atoms with Crippen LogP contribution in [0, 0.1) is 11.8 Å². The minimum absolute atomic E-state index is 0.0305. The topological polar surface area (TPSA) is 20.2 Å². The SMILES string of the molecule is C=C=CCCCC#CCO. The molecule has 0 radical (unpaired) electrons. The zero-order valence-corrected chi connectivity index (χ0v) is 6.06. The molecule has 1 heteroatoms. The Bertz CT molecular complexity index is 165. The van der Waals surface area contributed by atoms with Crippen molar-refractivity contribution in [3.63, 3.8) is 0 Å². The number of aliphatic hydroxyl groups is 1. The molecule has 0 saturated carbocycles. The standard InChI is InChI=1S/C9H12O/c1-2-3-4-5-6-7-8-9-10/h3,10H,1,4-6,9H2. The first-order valence-corrected chi connectivity index (χ1v) is 3.32. The maximum atomic E-state index is 8.27. The molecule has 0 amide bonds. The molecule has 0 aliphatic carbocycles. The van der Waals surface area contributed by atoms with Gasteiger partial charge in [-0.3, -0.25) is 0 Å². The molecule has 0 atom stereocenters. The van der Waals surface area contributed by atoms with Gasteiger partial charge in [0, 0.05) is 6.42 Å². The van der Waals surface area contributed by atoms with Gasteiger partial charge < -0.3 is 5.11 Å². The minimum Gasteiger partial charge on any atom is -0.384 e. The lowest BCUT2D eigenvalue weighted by Crippen LogP contribution is -1.72. The Hall–Kier alpha value is -0.960. The van der Waals surface area contributed by atoms with E-state index >= 15 is 0 Å². The lowest BCUT2D eigenvalue weighted by molar-refractivity contribution is 0.350. The predicted molar refractivity (Wildman–Crippen MR) is 42.4 cm³/mol. The van der Waals surface area contributed by atoms with Crippen LogP contribution in [0.1, 0.15) is 19.3 Å². The van der Waals surface area contributed by atoms with Gasteiger partial charge in [-0.25, -0.2) is 0 Å². The lowest BCUT2D eigenvalue weighted by atomic mass is 10.2. The summed E-state index contributed by atoms with van der Waals surface area (Å²) in [6.07, 6.45) is 4.73. The second-order valence-electron chi connectivity index (χ2n) is 1.81. The van der Waals surface area contributed by atoms with Crippen molar-refractivity contribution >= 4 is 0 Å². The first-order chi connectivity index (χ1) is 4.91. The number of hydrogen-bond acceptors (Lipinski definition) is 1. The van der Waals surface area contributed by atoms with Crippen molar-refractivity contribution < 1.29 is 5.11 Å². The summed E-state index contributed by atoms with van der Waals surface area (Å²) in [4.78, 5) is 0. The lowest BCUT2D eigenvalue weighted by Gasteiger charge is -1.83. The molecule has 0 heterocycles. The second-order valence-corrected chi connectivity index (χ2v) is 1.81. The second kappa shape index (κ2) is 8.04. The van der Waals surface area contributed by atoms with Crippen molar-refractivity contribution in [2.45, 2.75) is 19.3 Å². The zero-order valence-electron chi connectivity index (χ0n) is 6.06. The Kier molecular flexibility index (Phi) is 7.27. The van der Waals surface area contributed by atoms with E-state index in [1.165, 1.54) is 0 Å². The number of hydrogen-bond donors (Lipinski definition) is 1. The van der Waals surface area contributed by atoms with E-state index in [0.717, 1.165) is 19.3 Å². The third-order valence-electron chi connectivity index (χ3n) is 0.999. The summed E-state index contributed by atoms with van der Waals surface area (Å²) in [5.74, 6) is 5.41. The van der Waals surface area contributed by atoms with Gasteiger partial charge in [0.15, 0.2) is 0 Å². The maximum Gasteiger partial charge on any atom is 0.104 e. The van der Waals surface area contributed by atoms with E-state index in [0.29, 0.717) is 0 Å². The van der Waals surface area contributed by atoms with Crippen molar-refractivity contribution in [1.82, 2.24) is 0 Å². The van der Waals surface area contributed by atoms with Gasteiger partial charge in [0.1, 0.15) is 6.61 Å². The fourth-order valence-electron chi connectivity index (χ4n) is 0.539. The molecule has 0 fully saturated rings. The summed E-state index contributed by atoms with van der Waals surface area (Å²) >= 11 is 0. The van der Waals surface area contributed by atoms with Crippen LogP contribution >= 0.6 is 0 Å². The molecule has 54 valence electrons. The van der Waals surface area contributed by atoms with Gasteiger partial charge in [-0.15, -0.1) is 11.7 Å². The van der Waals surface area contributed by atoms with Gasteiger partial charge in [-0.2, -0.15) is 0 Å². The molecule has 0 bridgehead atoms. The first-order valence-electron chi connectivity index (χ1n) is 3.32. The normalized spacial score (nSPS) is 7.30. The molecule has 0 unspecified atom stereocenters. The van der Waals surface area contributed by atoms with Gasteiger partial charge >= 0.3 is 0 Å². The predicted octanol–water partition coefficient (Wildman–Crippen LogP) is 1.49. The van der Waals surface area contributed by atoms with E-state index in [1.807, 2.05) is 6.08 Å². The summed E-state index contributed by atoms with van der Waals surface area (Å²) in [6.45, 7) is 3.41. The largest absolute Gasteiger partial charge is 0.384 e. The summed E-state index contributed by atoms with van der Waals surface area (Å²) < 4.78 is 0. The van der Waals surface area contributed by atoms with Crippen molar-refractivity contribution in [2.24, 2.45) is 0 Å². The molecule has 10 heavy (non-hydrogen) atoms. The highest BCUT2D eigenvalue weighted by Gasteiger charge is 1.77. The van der Waals surface area contributed by atoms with Gasteiger partial charge in [0.05, 0.1) is 0 Å². The summed E-state index contributed by atoms with van der Waals surface area (Å²) in [5, 5.41) is 8.27. The number of unbranched alkanes of at least 4 members (excludes halogenated alkanes) is 2. The molecule has 0 aromatic carbocycles. The van der Waals surface area contributed by atoms with Crippen LogP contribution in [0.15, 0.2) is 18.4 Å². The fourth-order valence-corrected chi connectivity index (χ4v) is 0.539. The minimum atomic E-state index is -0.0305. The van der Waals surface area contributed by atoms with Crippen LogP contribution in [-0.2, 0) is 0 Å². The Balaban J connectivity index is 3.12. The Morgan fingerprint density at radius 3 is 2.80 bits per heavy atom. The van der Waals surface area contributed by atoms with E-state index in [1.54, 1.807) is 0 Å². The van der Waals surface area contributed by atoms with E-state index in [-0.39, 0.29) is 6.61 Å². The Morgan fingerprint density at radius 1 is 1.40 bits per heavy atom. The maximum absolute atomic E-state index is 8.27. The molecule has 1 N–H and O–H groups in total. The number of aliphatic hydroxyl groups excluding tert-OH is 1. The molecule has 1 nitrogen and oxygen atoms in total. The number of allylic oxidation sites excluding steroid dienone is 1. The van der Waals surface area contributed by atoms with Crippen molar-refractivity contribution in [3.05, 3.63) is 18.4 Å². The average molecular weight is 136 g/mol. The zero-order chi connectivity index (χ0) is 7.66. The molecule has 0 saturated heterocycles. The molecule has 0 aromatic heterocycles. The molecular formula is C9H12O. The van der Waals surface area contributed by atoms with Crippen LogP contribution in [0.4, 0.5) is 0 Å². The van der Waals surface area contributed by atoms with Crippen LogP contribution in [0.5, 0.6) is 0 Å². The summed E-state index contributed by atoms with van der Waals surface area (Å²) in [7, 11) is 0. The first kappa shape index (κ1) is 9.04. The molecule has 0 aliphatic rings. The van der Waals surface area contributed by atoms with Gasteiger partial charge in [0.2, 0.25) is 0 Å². The summed E-state index contributed by atoms with van der Waals surface area (Å²) in [5.41, 5.74) is 2.69. The smallest absolute Gasteiger partial charge is 0.104 e. The molecule has 0 spiro atoms. The van der Waals surface area contributed by atoms with Crippen LogP contribution in [-0.4, -0.2) is 11.7 Å². The highest BCUT2D eigenvalue weighted by Crippen LogP contribution is 1.93. The van der Waals surface area contributed by atoms with Crippen molar-refractivity contribution in [3.8, 4) is 11.8 Å². The van der Waals surface area contributed by atoms with E-state index < -0.39 is 0 Å². The van der Waals surface area contributed by atoms with Gasteiger partial charge in [-0.05, 0) is 18.9 Å². The van der Waals surface area contributed by atoms with Crippen LogP contribution in [0.3, 0.4) is 0 Å². The van der Waals surface area contributed by atoms with Crippen LogP contribution < -0.4 is 0 Å². The van der Waals surface area contributed by atoms with Crippen LogP contribution in [0.25, 0.3) is 0 Å². The fraction of sp³-hybridized carbons (Fsp3) is 0.444. The molecule has 0 rings (SSSR count). The average Bonchev–Trinajstić information content (AvgIpc) is 1.97. The summed E-state index contributed by atoms with van der Waals surface area (Å²) in [6, 6.07) is 0. The molecule has 0 aromatic rings. The monoisotopic (exact) mass is 136 g/mol. The van der Waals surface area contributed by atoms with Gasteiger partial charge in [-0.1, -0.05) is 12.5 Å². The number of rotatable bonds is 3. The third-order valence-corrected chi connectivity index (χ3v) is 0.999. The quantitative estimate of drug-likeness (QED) is 0.354. The van der Waals surface area contributed by atoms with Gasteiger partial charge in [0.25, 0.3) is 0 Å². The van der Waals surface area contributed by atoms with Crippen molar-refractivity contribution in [2.75, 3.05) is 6.61 Å². The van der Waals surface area contributed by atoms with E-state index in [9.17, 15) is 0 Å². The van der Waals surface area contributed by atoms with Crippen LogP contribution in [0.2, 0.25) is 0 Å². The highest BCUT2D eigenvalue weighted by molar-refractivity contribution is 4.98. The third kappa shape index (κ3) is 7.04. The van der Waals surface area contributed by atoms with E-state index in [2.05, 4.69) is 24.2 Å². The highest BCUT2D eigenvalue weighted by atomic mass is 16.2. The van der Waals surface area contributed by atoms with E-state index in [4.69, 9.17) is 5.11 Å². The Labute approximate surface area is 62.1 Å². The Morgan fingerprint density at radius 2 is 2.20 bits per heavy atom. The molecule has 0 aliphatic heterocycles.